The van der Waals surface area contributed by atoms with Gasteiger partial charge in [0.15, 0.2) is 5.75 Å². The summed E-state index contributed by atoms with van der Waals surface area (Å²) in [6.07, 6.45) is 0.854. The SMILES string of the molecule is CCc1ccccc1Oc1cccc(C(=O)OC)c1N. The van der Waals surface area contributed by atoms with Crippen molar-refractivity contribution in [1.29, 1.82) is 0 Å². The maximum atomic E-state index is 11.6. The number of methoxy groups -OCH3 is 1. The number of benzene rings is 2. The van der Waals surface area contributed by atoms with E-state index in [1.54, 1.807) is 18.2 Å². The van der Waals surface area contributed by atoms with Crippen LogP contribution in [0.15, 0.2) is 42.5 Å². The predicted octanol–water partition coefficient (Wildman–Crippen LogP) is 3.41. The van der Waals surface area contributed by atoms with Crippen LogP contribution < -0.4 is 10.5 Å². The number of para-hydroxylation sites is 2. The Labute approximate surface area is 118 Å². The van der Waals surface area contributed by atoms with E-state index in [9.17, 15) is 4.79 Å². The number of ether oxygens (including phenoxy) is 2. The van der Waals surface area contributed by atoms with Crippen molar-refractivity contribution in [2.24, 2.45) is 0 Å². The van der Waals surface area contributed by atoms with Gasteiger partial charge in [-0.3, -0.25) is 0 Å². The van der Waals surface area contributed by atoms with Crippen LogP contribution in [0.5, 0.6) is 11.5 Å². The second kappa shape index (κ2) is 6.10. The fourth-order valence-electron chi connectivity index (χ4n) is 1.93. The highest BCUT2D eigenvalue weighted by molar-refractivity contribution is 5.96. The number of anilines is 1. The molecule has 0 amide bonds. The molecule has 0 spiro atoms. The Bertz CT molecular complexity index is 623. The molecule has 2 aromatic carbocycles. The van der Waals surface area contributed by atoms with Gasteiger partial charge in [-0.25, -0.2) is 4.79 Å². The van der Waals surface area contributed by atoms with Gasteiger partial charge in [-0.2, -0.15) is 0 Å². The largest absolute Gasteiger partial charge is 0.465 e. The van der Waals surface area contributed by atoms with Crippen LogP contribution in [0, 0.1) is 0 Å². The second-order valence-electron chi connectivity index (χ2n) is 4.27. The highest BCUT2D eigenvalue weighted by Crippen LogP contribution is 2.32. The average molecular weight is 271 g/mol. The van der Waals surface area contributed by atoms with E-state index in [2.05, 4.69) is 6.92 Å². The van der Waals surface area contributed by atoms with Crippen LogP contribution in [0.1, 0.15) is 22.8 Å². The zero-order valence-electron chi connectivity index (χ0n) is 11.6. The first kappa shape index (κ1) is 13.9. The van der Waals surface area contributed by atoms with Gasteiger partial charge >= 0.3 is 5.97 Å². The highest BCUT2D eigenvalue weighted by Gasteiger charge is 2.14. The molecule has 0 aliphatic heterocycles. The highest BCUT2D eigenvalue weighted by atomic mass is 16.5. The molecule has 2 aromatic rings. The fraction of sp³-hybridized carbons (Fsp3) is 0.188. The third-order valence-corrected chi connectivity index (χ3v) is 3.04. The summed E-state index contributed by atoms with van der Waals surface area (Å²) in [6, 6.07) is 12.8. The summed E-state index contributed by atoms with van der Waals surface area (Å²) in [7, 11) is 1.32. The van der Waals surface area contributed by atoms with E-state index in [4.69, 9.17) is 15.2 Å². The summed E-state index contributed by atoms with van der Waals surface area (Å²) in [6.45, 7) is 2.05. The van der Waals surface area contributed by atoms with E-state index in [0.29, 0.717) is 11.3 Å². The maximum Gasteiger partial charge on any atom is 0.340 e. The lowest BCUT2D eigenvalue weighted by Crippen LogP contribution is -2.06. The van der Waals surface area contributed by atoms with Gasteiger partial charge in [-0.15, -0.1) is 0 Å². The van der Waals surface area contributed by atoms with E-state index in [1.807, 2.05) is 24.3 Å². The average Bonchev–Trinajstić information content (AvgIpc) is 2.49. The number of hydrogen-bond donors (Lipinski definition) is 1. The zero-order valence-corrected chi connectivity index (χ0v) is 11.6. The Balaban J connectivity index is 2.37. The summed E-state index contributed by atoms with van der Waals surface area (Å²) in [5, 5.41) is 0. The Morgan fingerprint density at radius 1 is 1.10 bits per heavy atom. The quantitative estimate of drug-likeness (QED) is 0.683. The number of esters is 1. The molecular weight excluding hydrogens is 254 g/mol. The Kier molecular flexibility index (Phi) is 4.25. The van der Waals surface area contributed by atoms with Gasteiger partial charge in [-0.1, -0.05) is 31.2 Å². The van der Waals surface area contributed by atoms with E-state index < -0.39 is 5.97 Å². The fourth-order valence-corrected chi connectivity index (χ4v) is 1.93. The molecule has 0 unspecified atom stereocenters. The topological polar surface area (TPSA) is 61.5 Å². The van der Waals surface area contributed by atoms with Crippen LogP contribution in [0.2, 0.25) is 0 Å². The summed E-state index contributed by atoms with van der Waals surface area (Å²) >= 11 is 0. The van der Waals surface area contributed by atoms with Crippen molar-refractivity contribution in [2.75, 3.05) is 12.8 Å². The van der Waals surface area contributed by atoms with E-state index in [0.717, 1.165) is 17.7 Å². The van der Waals surface area contributed by atoms with Gasteiger partial charge in [0, 0.05) is 0 Å². The monoisotopic (exact) mass is 271 g/mol. The van der Waals surface area contributed by atoms with Crippen LogP contribution in [0.3, 0.4) is 0 Å². The first-order chi connectivity index (χ1) is 9.67. The van der Waals surface area contributed by atoms with Gasteiger partial charge in [0.05, 0.1) is 18.4 Å². The predicted molar refractivity (Wildman–Crippen MR) is 78.1 cm³/mol. The van der Waals surface area contributed by atoms with Crippen molar-refractivity contribution in [3.63, 3.8) is 0 Å². The minimum absolute atomic E-state index is 0.283. The molecule has 104 valence electrons. The molecule has 2 N–H and O–H groups in total. The second-order valence-corrected chi connectivity index (χ2v) is 4.27. The molecule has 2 rings (SSSR count). The third-order valence-electron chi connectivity index (χ3n) is 3.04. The van der Waals surface area contributed by atoms with Crippen LogP contribution in [-0.2, 0) is 11.2 Å². The third kappa shape index (κ3) is 2.74. The normalized spacial score (nSPS) is 10.1. The van der Waals surface area contributed by atoms with Crippen LogP contribution in [0.4, 0.5) is 5.69 Å². The van der Waals surface area contributed by atoms with Crippen LogP contribution in [-0.4, -0.2) is 13.1 Å². The zero-order chi connectivity index (χ0) is 14.5. The molecule has 0 fully saturated rings. The lowest BCUT2D eigenvalue weighted by atomic mass is 10.1. The molecule has 4 heteroatoms. The Morgan fingerprint density at radius 2 is 1.80 bits per heavy atom. The van der Waals surface area contributed by atoms with Gasteiger partial charge < -0.3 is 15.2 Å². The maximum absolute atomic E-state index is 11.6. The number of rotatable bonds is 4. The number of nitrogens with two attached hydrogens (primary N) is 1. The molecular formula is C16H17NO3. The van der Waals surface area contributed by atoms with E-state index in [-0.39, 0.29) is 5.69 Å². The van der Waals surface area contributed by atoms with Crippen molar-refractivity contribution < 1.29 is 14.3 Å². The smallest absolute Gasteiger partial charge is 0.340 e. The van der Waals surface area contributed by atoms with Gasteiger partial charge in [0.1, 0.15) is 5.75 Å². The van der Waals surface area contributed by atoms with Gasteiger partial charge in [-0.05, 0) is 30.2 Å². The van der Waals surface area contributed by atoms with E-state index in [1.165, 1.54) is 7.11 Å². The first-order valence-electron chi connectivity index (χ1n) is 6.40. The molecule has 0 saturated carbocycles. The summed E-state index contributed by atoms with van der Waals surface area (Å²) in [5.41, 5.74) is 7.64. The van der Waals surface area contributed by atoms with Crippen molar-refractivity contribution in [3.8, 4) is 11.5 Å². The molecule has 0 aliphatic rings. The van der Waals surface area contributed by atoms with Gasteiger partial charge in [0.25, 0.3) is 0 Å². The van der Waals surface area contributed by atoms with Crippen molar-refractivity contribution in [2.45, 2.75) is 13.3 Å². The van der Waals surface area contributed by atoms with E-state index >= 15 is 0 Å². The van der Waals surface area contributed by atoms with Crippen LogP contribution >= 0.6 is 0 Å². The summed E-state index contributed by atoms with van der Waals surface area (Å²) < 4.78 is 10.5. The molecule has 0 heterocycles. The molecule has 0 aliphatic carbocycles. The summed E-state index contributed by atoms with van der Waals surface area (Å²) in [4.78, 5) is 11.6. The minimum Gasteiger partial charge on any atom is -0.465 e. The van der Waals surface area contributed by atoms with Crippen molar-refractivity contribution in [3.05, 3.63) is 53.6 Å². The lowest BCUT2D eigenvalue weighted by molar-refractivity contribution is 0.0601. The number of aryl methyl sites for hydroxylation is 1. The minimum atomic E-state index is -0.475. The molecule has 20 heavy (non-hydrogen) atoms. The van der Waals surface area contributed by atoms with Crippen molar-refractivity contribution in [1.82, 2.24) is 0 Å². The molecule has 4 nitrogen and oxygen atoms in total. The first-order valence-corrected chi connectivity index (χ1v) is 6.40. The lowest BCUT2D eigenvalue weighted by Gasteiger charge is -2.13. The summed E-state index contributed by atoms with van der Waals surface area (Å²) in [5.74, 6) is 0.717. The van der Waals surface area contributed by atoms with Gasteiger partial charge in [0.2, 0.25) is 0 Å². The number of nitrogen functional groups attached to an aromatic ring is 1. The standard InChI is InChI=1S/C16H17NO3/c1-3-11-7-4-5-9-13(11)20-14-10-6-8-12(15(14)17)16(18)19-2/h4-10H,3,17H2,1-2H3. The molecule has 0 radical (unpaired) electrons. The number of carbonyl (C=O) groups is 1. The molecule has 0 atom stereocenters. The molecule has 0 bridgehead atoms. The molecule has 0 saturated heterocycles. The molecule has 0 aromatic heterocycles. The Hall–Kier alpha value is -2.49. The number of carbonyl (C=O) groups excluding carboxylic acids is 1. The Morgan fingerprint density at radius 3 is 2.50 bits per heavy atom. The number of hydrogen-bond acceptors (Lipinski definition) is 4. The van der Waals surface area contributed by atoms with Crippen LogP contribution in [0.25, 0.3) is 0 Å². The van der Waals surface area contributed by atoms with Crippen molar-refractivity contribution >= 4 is 11.7 Å².